The van der Waals surface area contributed by atoms with Crippen LogP contribution in [0, 0.1) is 6.92 Å². The number of halogens is 1. The maximum absolute atomic E-state index is 9.87. The Labute approximate surface area is 97.3 Å². The predicted molar refractivity (Wildman–Crippen MR) is 60.9 cm³/mol. The summed E-state index contributed by atoms with van der Waals surface area (Å²) in [6, 6.07) is 1.77. The number of phenolic OH excluding ortho intramolecular Hbond substituents is 1. The Morgan fingerprint density at radius 2 is 2.13 bits per heavy atom. The first-order valence-corrected chi connectivity index (χ1v) is 5.21. The molecule has 84 valence electrons. The van der Waals surface area contributed by atoms with Crippen LogP contribution in [-0.4, -0.2) is 19.3 Å². The highest BCUT2D eigenvalue weighted by atomic mass is 79.9. The topological polar surface area (TPSA) is 50.7 Å². The van der Waals surface area contributed by atoms with Gasteiger partial charge in [-0.05, 0) is 18.6 Å². The lowest BCUT2D eigenvalue weighted by molar-refractivity contribution is 0.0859. The summed E-state index contributed by atoms with van der Waals surface area (Å²) in [6.45, 7) is 2.34. The number of hydroxylamine groups is 1. The number of hydrogen-bond donors (Lipinski definition) is 2. The summed E-state index contributed by atoms with van der Waals surface area (Å²) >= 11 is 3.41. The Morgan fingerprint density at radius 1 is 1.47 bits per heavy atom. The molecule has 2 N–H and O–H groups in total. The summed E-state index contributed by atoms with van der Waals surface area (Å²) in [4.78, 5) is 4.75. The maximum Gasteiger partial charge on any atom is 0.163 e. The molecule has 0 bridgehead atoms. The van der Waals surface area contributed by atoms with E-state index >= 15 is 0 Å². The average Bonchev–Trinajstić information content (AvgIpc) is 2.23. The molecule has 0 saturated heterocycles. The number of methoxy groups -OCH3 is 1. The lowest BCUT2D eigenvalue weighted by Gasteiger charge is -2.13. The number of benzene rings is 1. The number of nitrogens with one attached hydrogen (secondary N) is 1. The van der Waals surface area contributed by atoms with Gasteiger partial charge in [-0.3, -0.25) is 0 Å². The van der Waals surface area contributed by atoms with Gasteiger partial charge in [0, 0.05) is 10.0 Å². The Balaban J connectivity index is 3.15. The van der Waals surface area contributed by atoms with Gasteiger partial charge in [0.2, 0.25) is 0 Å². The summed E-state index contributed by atoms with van der Waals surface area (Å²) in [6.07, 6.45) is 0. The summed E-state index contributed by atoms with van der Waals surface area (Å²) in [7, 11) is 3.05. The van der Waals surface area contributed by atoms with E-state index in [0.29, 0.717) is 17.9 Å². The molecule has 15 heavy (non-hydrogen) atoms. The molecule has 0 heterocycles. The van der Waals surface area contributed by atoms with Gasteiger partial charge in [-0.1, -0.05) is 15.9 Å². The molecule has 0 aromatic heterocycles. The van der Waals surface area contributed by atoms with Gasteiger partial charge in [0.15, 0.2) is 11.5 Å². The van der Waals surface area contributed by atoms with E-state index in [1.54, 1.807) is 6.07 Å². The molecule has 0 spiro atoms. The minimum absolute atomic E-state index is 0.125. The Bertz CT molecular complexity index is 355. The normalized spacial score (nSPS) is 10.4. The number of phenols is 1. The zero-order valence-corrected chi connectivity index (χ0v) is 10.5. The molecule has 0 fully saturated rings. The quantitative estimate of drug-likeness (QED) is 0.827. The zero-order chi connectivity index (χ0) is 11.4. The van der Waals surface area contributed by atoms with E-state index in [-0.39, 0.29) is 5.75 Å². The second-order valence-electron chi connectivity index (χ2n) is 3.06. The summed E-state index contributed by atoms with van der Waals surface area (Å²) < 4.78 is 5.91. The average molecular weight is 276 g/mol. The number of ether oxygens (including phenoxy) is 1. The van der Waals surface area contributed by atoms with Crippen LogP contribution in [0.25, 0.3) is 0 Å². The van der Waals surface area contributed by atoms with Crippen molar-refractivity contribution in [2.45, 2.75) is 13.5 Å². The molecule has 0 unspecified atom stereocenters. The van der Waals surface area contributed by atoms with E-state index in [4.69, 9.17) is 9.57 Å². The van der Waals surface area contributed by atoms with Crippen LogP contribution in [0.4, 0.5) is 0 Å². The second kappa shape index (κ2) is 5.34. The van der Waals surface area contributed by atoms with Crippen LogP contribution in [0.3, 0.4) is 0 Å². The van der Waals surface area contributed by atoms with Crippen molar-refractivity contribution in [2.24, 2.45) is 0 Å². The van der Waals surface area contributed by atoms with E-state index in [1.165, 1.54) is 14.2 Å². The highest BCUT2D eigenvalue weighted by Crippen LogP contribution is 2.37. The molecule has 0 radical (unpaired) electrons. The fraction of sp³-hybridized carbons (Fsp3) is 0.400. The van der Waals surface area contributed by atoms with Gasteiger partial charge in [-0.15, -0.1) is 0 Å². The van der Waals surface area contributed by atoms with E-state index < -0.39 is 0 Å². The first kappa shape index (κ1) is 12.3. The second-order valence-corrected chi connectivity index (χ2v) is 3.86. The number of aromatic hydroxyl groups is 1. The molecule has 0 aliphatic rings. The van der Waals surface area contributed by atoms with Crippen molar-refractivity contribution >= 4 is 15.9 Å². The molecule has 0 atom stereocenters. The summed E-state index contributed by atoms with van der Waals surface area (Å²) in [5.74, 6) is 0.586. The Morgan fingerprint density at radius 3 is 2.67 bits per heavy atom. The maximum atomic E-state index is 9.87. The van der Waals surface area contributed by atoms with Gasteiger partial charge in [-0.2, -0.15) is 5.48 Å². The monoisotopic (exact) mass is 275 g/mol. The third-order valence-electron chi connectivity index (χ3n) is 2.09. The lowest BCUT2D eigenvalue weighted by Crippen LogP contribution is -2.12. The fourth-order valence-electron chi connectivity index (χ4n) is 1.28. The number of hydrogen-bond acceptors (Lipinski definition) is 4. The van der Waals surface area contributed by atoms with Crippen molar-refractivity contribution in [3.8, 4) is 11.5 Å². The third-order valence-corrected chi connectivity index (χ3v) is 3.20. The Kier molecular flexibility index (Phi) is 4.38. The Hall–Kier alpha value is -0.780. The largest absolute Gasteiger partial charge is 0.504 e. The molecule has 0 aliphatic heterocycles. The minimum atomic E-state index is 0.125. The summed E-state index contributed by atoms with van der Waals surface area (Å²) in [5, 5.41) is 9.87. The minimum Gasteiger partial charge on any atom is -0.504 e. The van der Waals surface area contributed by atoms with E-state index in [1.807, 2.05) is 6.92 Å². The molecule has 4 nitrogen and oxygen atoms in total. The summed E-state index contributed by atoms with van der Waals surface area (Å²) in [5.41, 5.74) is 4.39. The van der Waals surface area contributed by atoms with Crippen LogP contribution in [0.5, 0.6) is 11.5 Å². The van der Waals surface area contributed by atoms with E-state index in [2.05, 4.69) is 21.4 Å². The van der Waals surface area contributed by atoms with Gasteiger partial charge in [0.25, 0.3) is 0 Å². The lowest BCUT2D eigenvalue weighted by atomic mass is 10.1. The molecular formula is C10H14BrNO3. The molecule has 5 heteroatoms. The highest BCUT2D eigenvalue weighted by molar-refractivity contribution is 9.10. The SMILES string of the molecule is CONCc1c(O)c(OC)cc(C)c1Br. The van der Waals surface area contributed by atoms with Crippen molar-refractivity contribution < 1.29 is 14.7 Å². The van der Waals surface area contributed by atoms with Gasteiger partial charge in [0.1, 0.15) is 0 Å². The highest BCUT2D eigenvalue weighted by Gasteiger charge is 2.14. The molecule has 0 amide bonds. The smallest absolute Gasteiger partial charge is 0.163 e. The predicted octanol–water partition coefficient (Wildman–Crippen LogP) is 2.12. The van der Waals surface area contributed by atoms with Gasteiger partial charge in [-0.25, -0.2) is 0 Å². The molecule has 1 aromatic rings. The van der Waals surface area contributed by atoms with Crippen LogP contribution >= 0.6 is 15.9 Å². The van der Waals surface area contributed by atoms with E-state index in [0.717, 1.165) is 10.0 Å². The third kappa shape index (κ3) is 2.62. The first-order valence-electron chi connectivity index (χ1n) is 4.42. The van der Waals surface area contributed by atoms with Crippen LogP contribution in [0.2, 0.25) is 0 Å². The number of rotatable bonds is 4. The molecular weight excluding hydrogens is 262 g/mol. The van der Waals surface area contributed by atoms with Crippen LogP contribution in [-0.2, 0) is 11.4 Å². The molecule has 0 saturated carbocycles. The van der Waals surface area contributed by atoms with Crippen molar-refractivity contribution in [1.82, 2.24) is 5.48 Å². The van der Waals surface area contributed by atoms with Crippen molar-refractivity contribution in [1.29, 1.82) is 0 Å². The van der Waals surface area contributed by atoms with Gasteiger partial charge >= 0.3 is 0 Å². The van der Waals surface area contributed by atoms with Crippen molar-refractivity contribution in [3.63, 3.8) is 0 Å². The first-order chi connectivity index (χ1) is 7.11. The van der Waals surface area contributed by atoms with Gasteiger partial charge in [0.05, 0.1) is 20.8 Å². The van der Waals surface area contributed by atoms with Crippen LogP contribution < -0.4 is 10.2 Å². The van der Waals surface area contributed by atoms with Crippen molar-refractivity contribution in [3.05, 3.63) is 21.7 Å². The van der Waals surface area contributed by atoms with Gasteiger partial charge < -0.3 is 14.7 Å². The number of aryl methyl sites for hydroxylation is 1. The van der Waals surface area contributed by atoms with Crippen molar-refractivity contribution in [2.75, 3.05) is 14.2 Å². The van der Waals surface area contributed by atoms with E-state index in [9.17, 15) is 5.11 Å². The molecule has 1 rings (SSSR count). The molecule has 0 aliphatic carbocycles. The zero-order valence-electron chi connectivity index (χ0n) is 8.93. The fourth-order valence-corrected chi connectivity index (χ4v) is 1.72. The van der Waals surface area contributed by atoms with Crippen LogP contribution in [0.15, 0.2) is 10.5 Å². The standard InChI is InChI=1S/C10H14BrNO3/c1-6-4-8(14-2)10(13)7(9(6)11)5-12-15-3/h4,12-13H,5H2,1-3H3. The molecule has 1 aromatic carbocycles. The van der Waals surface area contributed by atoms with Crippen LogP contribution in [0.1, 0.15) is 11.1 Å².